The zero-order valence-electron chi connectivity index (χ0n) is 11.0. The fourth-order valence-electron chi connectivity index (χ4n) is 1.46. The fraction of sp³-hybridized carbons (Fsp3) is 0.818. The predicted molar refractivity (Wildman–Crippen MR) is 67.1 cm³/mol. The maximum atomic E-state index is 11.1. The van der Waals surface area contributed by atoms with Crippen LogP contribution in [0.15, 0.2) is 0 Å². The molecule has 0 rings (SSSR count). The smallest absolute Gasteiger partial charge is 0.313 e. The summed E-state index contributed by atoms with van der Waals surface area (Å²) in [5.41, 5.74) is 0. The lowest BCUT2D eigenvalue weighted by Crippen LogP contribution is -2.39. The van der Waals surface area contributed by atoms with Crippen molar-refractivity contribution in [2.75, 3.05) is 26.4 Å². The van der Waals surface area contributed by atoms with Gasteiger partial charge in [0.15, 0.2) is 0 Å². The number of Topliss-reactive ketones (excluding diaryl/α,β-unsaturated/α-hetero) is 1. The number of nitrogens with zero attached hydrogens (tertiary/aromatic N) is 1. The van der Waals surface area contributed by atoms with E-state index in [0.29, 0.717) is 6.61 Å². The Morgan fingerprint density at radius 1 is 1.25 bits per heavy atom. The molecule has 0 aromatic heterocycles. The molecule has 0 aliphatic heterocycles. The highest BCUT2D eigenvalue weighted by atomic mass is 28.3. The zero-order chi connectivity index (χ0) is 12.8. The Morgan fingerprint density at radius 3 is 2.25 bits per heavy atom. The molecule has 0 unspecified atom stereocenters. The Labute approximate surface area is 99.0 Å². The van der Waals surface area contributed by atoms with E-state index in [1.807, 2.05) is 7.05 Å². The molecular formula is C11H23NO3Si. The van der Waals surface area contributed by atoms with Crippen molar-refractivity contribution in [1.82, 2.24) is 4.90 Å². The molecule has 94 valence electrons. The molecule has 0 bridgehead atoms. The van der Waals surface area contributed by atoms with Gasteiger partial charge in [0, 0.05) is 6.54 Å². The zero-order valence-corrected chi connectivity index (χ0v) is 12.0. The average Bonchev–Trinajstić information content (AvgIpc) is 1.98. The van der Waals surface area contributed by atoms with Crippen LogP contribution in [0.3, 0.4) is 0 Å². The Kier molecular flexibility index (Phi) is 6.51. The first-order valence-electron chi connectivity index (χ1n) is 5.54. The number of esters is 1. The van der Waals surface area contributed by atoms with E-state index in [0.717, 1.165) is 12.7 Å². The van der Waals surface area contributed by atoms with Crippen LogP contribution in [0.25, 0.3) is 0 Å². The van der Waals surface area contributed by atoms with Crippen molar-refractivity contribution in [1.29, 1.82) is 0 Å². The van der Waals surface area contributed by atoms with Crippen LogP contribution in [0, 0.1) is 0 Å². The second kappa shape index (κ2) is 6.80. The molecule has 0 saturated heterocycles. The molecule has 0 N–H and O–H groups in total. The van der Waals surface area contributed by atoms with Gasteiger partial charge in [-0.05, 0) is 20.1 Å². The van der Waals surface area contributed by atoms with E-state index in [-0.39, 0.29) is 12.2 Å². The summed E-state index contributed by atoms with van der Waals surface area (Å²) in [6.45, 7) is 9.38. The highest BCUT2D eigenvalue weighted by molar-refractivity contribution is 6.76. The SMILES string of the molecule is CC(=O)CC(=O)OCCN(C)C[Si](C)(C)C. The van der Waals surface area contributed by atoms with E-state index in [4.69, 9.17) is 4.74 Å². The standard InChI is InChI=1S/C11H23NO3Si/c1-10(13)8-11(14)15-7-6-12(2)9-16(3,4)5/h6-9H2,1-5H3. The molecule has 0 aliphatic rings. The minimum absolute atomic E-state index is 0.113. The lowest BCUT2D eigenvalue weighted by Gasteiger charge is -2.24. The van der Waals surface area contributed by atoms with Crippen molar-refractivity contribution in [3.8, 4) is 0 Å². The molecule has 0 heterocycles. The second-order valence-corrected chi connectivity index (χ2v) is 10.8. The molecule has 0 radical (unpaired) electrons. The van der Waals surface area contributed by atoms with Gasteiger partial charge in [0.2, 0.25) is 0 Å². The molecule has 0 aromatic carbocycles. The van der Waals surface area contributed by atoms with Crippen LogP contribution < -0.4 is 0 Å². The van der Waals surface area contributed by atoms with Crippen molar-refractivity contribution in [2.45, 2.75) is 33.0 Å². The largest absolute Gasteiger partial charge is 0.464 e. The third kappa shape index (κ3) is 9.86. The lowest BCUT2D eigenvalue weighted by atomic mass is 10.3. The molecule has 16 heavy (non-hydrogen) atoms. The molecular weight excluding hydrogens is 222 g/mol. The average molecular weight is 245 g/mol. The van der Waals surface area contributed by atoms with Crippen molar-refractivity contribution in [2.24, 2.45) is 0 Å². The Bertz CT molecular complexity index is 248. The topological polar surface area (TPSA) is 46.6 Å². The van der Waals surface area contributed by atoms with Crippen LogP contribution in [-0.4, -0.2) is 51.1 Å². The highest BCUT2D eigenvalue weighted by Gasteiger charge is 2.16. The molecule has 0 saturated carbocycles. The van der Waals surface area contributed by atoms with Crippen molar-refractivity contribution >= 4 is 19.8 Å². The lowest BCUT2D eigenvalue weighted by molar-refractivity contribution is -0.145. The van der Waals surface area contributed by atoms with E-state index < -0.39 is 14.0 Å². The number of ether oxygens (including phenoxy) is 1. The molecule has 0 atom stereocenters. The minimum atomic E-state index is -1.09. The van der Waals surface area contributed by atoms with Crippen LogP contribution in [0.1, 0.15) is 13.3 Å². The van der Waals surface area contributed by atoms with Gasteiger partial charge in [-0.25, -0.2) is 0 Å². The summed E-state index contributed by atoms with van der Waals surface area (Å²) < 4.78 is 4.95. The monoisotopic (exact) mass is 245 g/mol. The van der Waals surface area contributed by atoms with Gasteiger partial charge in [-0.15, -0.1) is 0 Å². The summed E-state index contributed by atoms with van der Waals surface area (Å²) in [7, 11) is 0.933. The minimum Gasteiger partial charge on any atom is -0.464 e. The summed E-state index contributed by atoms with van der Waals surface area (Å²) in [6, 6.07) is 0. The van der Waals surface area contributed by atoms with Crippen LogP contribution in [-0.2, 0) is 14.3 Å². The molecule has 0 aromatic rings. The fourth-order valence-corrected chi connectivity index (χ4v) is 3.24. The van der Waals surface area contributed by atoms with Crippen LogP contribution in [0.5, 0.6) is 0 Å². The number of hydrogen-bond donors (Lipinski definition) is 0. The molecule has 0 spiro atoms. The van der Waals surface area contributed by atoms with Gasteiger partial charge < -0.3 is 9.64 Å². The van der Waals surface area contributed by atoms with Gasteiger partial charge in [0.1, 0.15) is 18.8 Å². The quantitative estimate of drug-likeness (QED) is 0.385. The van der Waals surface area contributed by atoms with Crippen molar-refractivity contribution in [3.63, 3.8) is 0 Å². The van der Waals surface area contributed by atoms with E-state index in [1.54, 1.807) is 0 Å². The van der Waals surface area contributed by atoms with Gasteiger partial charge in [0.05, 0.1) is 8.07 Å². The van der Waals surface area contributed by atoms with Crippen molar-refractivity contribution in [3.05, 3.63) is 0 Å². The summed E-state index contributed by atoms with van der Waals surface area (Å²) in [4.78, 5) is 23.9. The molecule has 0 amide bonds. The Hall–Kier alpha value is -0.683. The Morgan fingerprint density at radius 2 is 1.81 bits per heavy atom. The Balaban J connectivity index is 3.66. The predicted octanol–water partition coefficient (Wildman–Crippen LogP) is 1.32. The number of likely N-dealkylation sites (N-methyl/N-ethyl adjacent to an activating group) is 1. The summed E-state index contributed by atoms with van der Waals surface area (Å²) in [5, 5.41) is 0. The summed E-state index contributed by atoms with van der Waals surface area (Å²) in [5.74, 6) is -0.575. The molecule has 0 aliphatic carbocycles. The van der Waals surface area contributed by atoms with E-state index in [9.17, 15) is 9.59 Å². The maximum absolute atomic E-state index is 11.1. The van der Waals surface area contributed by atoms with E-state index in [1.165, 1.54) is 6.92 Å². The number of carbonyl (C=O) groups is 2. The number of rotatable bonds is 7. The summed E-state index contributed by atoms with van der Waals surface area (Å²) in [6.07, 6.45) is 0.967. The normalized spacial score (nSPS) is 11.6. The van der Waals surface area contributed by atoms with Gasteiger partial charge in [0.25, 0.3) is 0 Å². The van der Waals surface area contributed by atoms with Crippen molar-refractivity contribution < 1.29 is 14.3 Å². The van der Waals surface area contributed by atoms with Gasteiger partial charge in [-0.2, -0.15) is 0 Å². The second-order valence-electron chi connectivity index (χ2n) is 5.40. The van der Waals surface area contributed by atoms with E-state index >= 15 is 0 Å². The first-order valence-corrected chi connectivity index (χ1v) is 9.25. The number of carbonyl (C=O) groups excluding carboxylic acids is 2. The van der Waals surface area contributed by atoms with E-state index in [2.05, 4.69) is 24.5 Å². The summed E-state index contributed by atoms with van der Waals surface area (Å²) >= 11 is 0. The van der Waals surface area contributed by atoms with Gasteiger partial charge >= 0.3 is 5.97 Å². The van der Waals surface area contributed by atoms with Crippen LogP contribution in [0.2, 0.25) is 19.6 Å². The number of hydrogen-bond acceptors (Lipinski definition) is 4. The molecule has 0 fully saturated rings. The third-order valence-corrected chi connectivity index (χ3v) is 3.36. The van der Waals surface area contributed by atoms with Crippen LogP contribution >= 0.6 is 0 Å². The van der Waals surface area contributed by atoms with Gasteiger partial charge in [-0.1, -0.05) is 19.6 Å². The maximum Gasteiger partial charge on any atom is 0.313 e. The van der Waals surface area contributed by atoms with Crippen LogP contribution in [0.4, 0.5) is 0 Å². The first-order chi connectivity index (χ1) is 7.20. The number of ketones is 1. The molecule has 5 heteroatoms. The third-order valence-electron chi connectivity index (χ3n) is 1.87. The highest BCUT2D eigenvalue weighted by Crippen LogP contribution is 2.02. The van der Waals surface area contributed by atoms with Gasteiger partial charge in [-0.3, -0.25) is 9.59 Å². The molecule has 4 nitrogen and oxygen atoms in total. The first kappa shape index (κ1) is 15.3.